The van der Waals surface area contributed by atoms with Crippen molar-refractivity contribution in [1.82, 2.24) is 30.4 Å². The highest BCUT2D eigenvalue weighted by Crippen LogP contribution is 2.28. The maximum absolute atomic E-state index is 10.6. The summed E-state index contributed by atoms with van der Waals surface area (Å²) in [6, 6.07) is 7.52. The molecule has 0 saturated carbocycles. The lowest BCUT2D eigenvalue weighted by atomic mass is 10.2. The Kier molecular flexibility index (Phi) is 7.27. The third-order valence-corrected chi connectivity index (χ3v) is 5.00. The first kappa shape index (κ1) is 23.7. The second-order valence-electron chi connectivity index (χ2n) is 6.71. The number of carboxylic acids is 1. The van der Waals surface area contributed by atoms with Crippen molar-refractivity contribution in [2.75, 3.05) is 10.6 Å². The molecule has 4 heterocycles. The number of aromatic nitrogens is 6. The molecule has 0 spiro atoms. The largest absolute Gasteiger partial charge is 0.490 e. The molecule has 0 atom stereocenters. The molecule has 4 aromatic rings. The van der Waals surface area contributed by atoms with Gasteiger partial charge >= 0.3 is 12.1 Å². The summed E-state index contributed by atoms with van der Waals surface area (Å²) < 4.78 is 31.7. The predicted octanol–water partition coefficient (Wildman–Crippen LogP) is 4.52. The molecule has 0 aliphatic heterocycles. The molecule has 3 N–H and O–H groups in total. The lowest BCUT2D eigenvalue weighted by molar-refractivity contribution is -0.192. The standard InChI is InChI=1S/C17H16N8S.C2HF3O2/c1-10(2)16-24-25-17(26-16)23-14-4-3-12-15(22-14)13(6-7-18-12)21-11-5-8-19-20-9-11;3-2(4,5)1(6)7/h3-10H,1-2H3,(H,18,19,21)(H,22,23,25);(H,6,7). The SMILES string of the molecule is CC(C)c1nnc(Nc2ccc3nccc(Nc4ccnnc4)c3n2)s1.O=C(O)C(F)(F)F. The van der Waals surface area contributed by atoms with Gasteiger partial charge in [-0.25, -0.2) is 9.78 Å². The average molecular weight is 478 g/mol. The number of alkyl halides is 3. The molecule has 172 valence electrons. The second-order valence-corrected chi connectivity index (χ2v) is 7.72. The first-order chi connectivity index (χ1) is 15.6. The number of pyridine rings is 2. The quantitative estimate of drug-likeness (QED) is 0.375. The van der Waals surface area contributed by atoms with Crippen LogP contribution in [0.2, 0.25) is 0 Å². The number of hydrogen-bond acceptors (Lipinski definition) is 10. The zero-order chi connectivity index (χ0) is 24.0. The summed E-state index contributed by atoms with van der Waals surface area (Å²) in [6.07, 6.45) is -0.0509. The van der Waals surface area contributed by atoms with Gasteiger partial charge in [-0.15, -0.1) is 10.2 Å². The third kappa shape index (κ3) is 6.52. The molecule has 10 nitrogen and oxygen atoms in total. The van der Waals surface area contributed by atoms with Crippen LogP contribution in [0.1, 0.15) is 24.8 Å². The van der Waals surface area contributed by atoms with Gasteiger partial charge in [0.15, 0.2) is 0 Å². The van der Waals surface area contributed by atoms with Gasteiger partial charge in [0.25, 0.3) is 0 Å². The Morgan fingerprint density at radius 1 is 1.06 bits per heavy atom. The number of rotatable bonds is 5. The third-order valence-electron chi connectivity index (χ3n) is 3.86. The number of anilines is 4. The molecule has 0 bridgehead atoms. The van der Waals surface area contributed by atoms with E-state index in [4.69, 9.17) is 9.90 Å². The van der Waals surface area contributed by atoms with Gasteiger partial charge in [-0.2, -0.15) is 23.4 Å². The van der Waals surface area contributed by atoms with E-state index < -0.39 is 12.1 Å². The number of hydrogen-bond donors (Lipinski definition) is 3. The van der Waals surface area contributed by atoms with Crippen molar-refractivity contribution in [3.63, 3.8) is 0 Å². The maximum Gasteiger partial charge on any atom is 0.490 e. The van der Waals surface area contributed by atoms with E-state index in [1.165, 1.54) is 11.3 Å². The Balaban J connectivity index is 0.000000383. The number of halogens is 3. The van der Waals surface area contributed by atoms with Crippen molar-refractivity contribution < 1.29 is 23.1 Å². The van der Waals surface area contributed by atoms with E-state index in [0.29, 0.717) is 11.7 Å². The fourth-order valence-corrected chi connectivity index (χ4v) is 3.10. The van der Waals surface area contributed by atoms with Crippen LogP contribution in [0.5, 0.6) is 0 Å². The monoisotopic (exact) mass is 478 g/mol. The summed E-state index contributed by atoms with van der Waals surface area (Å²) in [5.74, 6) is -1.72. The molecule has 0 aliphatic rings. The summed E-state index contributed by atoms with van der Waals surface area (Å²) in [4.78, 5) is 18.0. The number of nitrogens with one attached hydrogen (secondary N) is 2. The minimum absolute atomic E-state index is 0.349. The van der Waals surface area contributed by atoms with E-state index in [0.717, 1.165) is 32.5 Å². The predicted molar refractivity (Wildman–Crippen MR) is 116 cm³/mol. The second kappa shape index (κ2) is 10.1. The van der Waals surface area contributed by atoms with Crippen LogP contribution in [0.15, 0.2) is 42.9 Å². The van der Waals surface area contributed by atoms with E-state index in [-0.39, 0.29) is 0 Å². The Morgan fingerprint density at radius 2 is 1.82 bits per heavy atom. The molecule has 0 aliphatic carbocycles. The molecule has 0 radical (unpaired) electrons. The Bertz CT molecular complexity index is 1230. The Hall–Kier alpha value is -3.94. The van der Waals surface area contributed by atoms with Crippen molar-refractivity contribution >= 4 is 50.7 Å². The molecule has 33 heavy (non-hydrogen) atoms. The molecule has 4 rings (SSSR count). The minimum atomic E-state index is -5.08. The topological polar surface area (TPSA) is 139 Å². The van der Waals surface area contributed by atoms with E-state index >= 15 is 0 Å². The zero-order valence-electron chi connectivity index (χ0n) is 17.2. The van der Waals surface area contributed by atoms with E-state index in [1.807, 2.05) is 24.3 Å². The van der Waals surface area contributed by atoms with Crippen LogP contribution in [-0.2, 0) is 4.79 Å². The minimum Gasteiger partial charge on any atom is -0.475 e. The number of fused-ring (bicyclic) bond motifs is 1. The highest BCUT2D eigenvalue weighted by atomic mass is 32.1. The molecule has 0 aromatic carbocycles. The van der Waals surface area contributed by atoms with Crippen LogP contribution < -0.4 is 10.6 Å². The number of nitrogens with zero attached hydrogens (tertiary/aromatic N) is 6. The molecule has 14 heteroatoms. The maximum atomic E-state index is 10.6. The van der Waals surface area contributed by atoms with Gasteiger partial charge in [0.2, 0.25) is 5.13 Å². The van der Waals surface area contributed by atoms with Gasteiger partial charge in [0, 0.05) is 12.1 Å². The number of aliphatic carboxylic acids is 1. The van der Waals surface area contributed by atoms with Crippen molar-refractivity contribution in [2.45, 2.75) is 25.9 Å². The van der Waals surface area contributed by atoms with Gasteiger partial charge < -0.3 is 15.7 Å². The van der Waals surface area contributed by atoms with Gasteiger partial charge in [0.1, 0.15) is 16.3 Å². The fraction of sp³-hybridized carbons (Fsp3) is 0.211. The van der Waals surface area contributed by atoms with Crippen LogP contribution in [0.3, 0.4) is 0 Å². The van der Waals surface area contributed by atoms with Crippen molar-refractivity contribution in [3.8, 4) is 0 Å². The molecule has 0 saturated heterocycles. The lowest BCUT2D eigenvalue weighted by Crippen LogP contribution is -2.21. The summed E-state index contributed by atoms with van der Waals surface area (Å²) in [5.41, 5.74) is 3.22. The molecular formula is C19H17F3N8O2S. The van der Waals surface area contributed by atoms with E-state index in [9.17, 15) is 13.2 Å². The van der Waals surface area contributed by atoms with E-state index in [1.54, 1.807) is 18.6 Å². The van der Waals surface area contributed by atoms with Crippen LogP contribution in [-0.4, -0.2) is 47.6 Å². The summed E-state index contributed by atoms with van der Waals surface area (Å²) in [5, 5.41) is 31.4. The number of carbonyl (C=O) groups is 1. The van der Waals surface area contributed by atoms with Crippen LogP contribution in [0.25, 0.3) is 11.0 Å². The first-order valence-electron chi connectivity index (χ1n) is 9.33. The molecule has 0 unspecified atom stereocenters. The van der Waals surface area contributed by atoms with E-state index in [2.05, 4.69) is 54.8 Å². The Labute approximate surface area is 189 Å². The average Bonchev–Trinajstić information content (AvgIpc) is 3.24. The fourth-order valence-electron chi connectivity index (χ4n) is 2.34. The van der Waals surface area contributed by atoms with Crippen molar-refractivity contribution in [1.29, 1.82) is 0 Å². The van der Waals surface area contributed by atoms with Crippen molar-refractivity contribution in [3.05, 3.63) is 47.9 Å². The molecular weight excluding hydrogens is 461 g/mol. The van der Waals surface area contributed by atoms with Crippen molar-refractivity contribution in [2.24, 2.45) is 0 Å². The van der Waals surface area contributed by atoms with Crippen LogP contribution >= 0.6 is 11.3 Å². The Morgan fingerprint density at radius 3 is 2.42 bits per heavy atom. The lowest BCUT2D eigenvalue weighted by Gasteiger charge is -2.09. The smallest absolute Gasteiger partial charge is 0.475 e. The van der Waals surface area contributed by atoms with Crippen LogP contribution in [0, 0.1) is 0 Å². The summed E-state index contributed by atoms with van der Waals surface area (Å²) >= 11 is 1.53. The van der Waals surface area contributed by atoms with Gasteiger partial charge in [-0.3, -0.25) is 4.98 Å². The number of carboxylic acid groups (broad SMARTS) is 1. The highest BCUT2D eigenvalue weighted by molar-refractivity contribution is 7.15. The van der Waals surface area contributed by atoms with Gasteiger partial charge in [-0.1, -0.05) is 25.2 Å². The normalized spacial score (nSPS) is 11.1. The van der Waals surface area contributed by atoms with Gasteiger partial charge in [0.05, 0.1) is 29.3 Å². The van der Waals surface area contributed by atoms with Crippen LogP contribution in [0.4, 0.5) is 35.5 Å². The molecule has 0 amide bonds. The summed E-state index contributed by atoms with van der Waals surface area (Å²) in [7, 11) is 0. The van der Waals surface area contributed by atoms with Gasteiger partial charge in [-0.05, 0) is 24.3 Å². The first-order valence-corrected chi connectivity index (χ1v) is 10.1. The summed E-state index contributed by atoms with van der Waals surface area (Å²) in [6.45, 7) is 4.19. The zero-order valence-corrected chi connectivity index (χ0v) is 18.0. The highest BCUT2D eigenvalue weighted by Gasteiger charge is 2.38. The molecule has 4 aromatic heterocycles. The molecule has 0 fully saturated rings.